The molecule has 0 aliphatic carbocycles. The van der Waals surface area contributed by atoms with Gasteiger partial charge in [0.05, 0.1) is 12.1 Å². The molecule has 9 heteroatoms. The molecule has 1 aliphatic heterocycles. The number of rotatable bonds is 3. The lowest BCUT2D eigenvalue weighted by Crippen LogP contribution is -2.43. The second kappa shape index (κ2) is 5.90. The summed E-state index contributed by atoms with van der Waals surface area (Å²) in [4.78, 5) is 48.3. The number of aromatic nitrogens is 2. The third-order valence-electron chi connectivity index (χ3n) is 3.47. The smallest absolute Gasteiger partial charge is 0.328 e. The van der Waals surface area contributed by atoms with Crippen molar-refractivity contribution < 1.29 is 19.1 Å². The van der Waals surface area contributed by atoms with E-state index < -0.39 is 41.4 Å². The number of carboxylic acid groups (broad SMARTS) is 1. The van der Waals surface area contributed by atoms with E-state index >= 15 is 0 Å². The average molecular weight is 299 g/mol. The van der Waals surface area contributed by atoms with Gasteiger partial charge in [0.25, 0.3) is 5.56 Å². The van der Waals surface area contributed by atoms with Gasteiger partial charge in [-0.25, -0.2) is 4.79 Å². The third-order valence-corrected chi connectivity index (χ3v) is 3.47. The summed E-state index contributed by atoms with van der Waals surface area (Å²) in [6, 6.07) is 0. The van der Waals surface area contributed by atoms with Crippen LogP contribution >= 0.6 is 0 Å². The van der Waals surface area contributed by atoms with E-state index in [9.17, 15) is 23.6 Å². The van der Waals surface area contributed by atoms with Crippen LogP contribution in [0.5, 0.6) is 0 Å². The molecule has 0 spiro atoms. The number of hydrogen-bond acceptors (Lipinski definition) is 4. The molecule has 0 radical (unpaired) electrons. The SMILES string of the molecule is O=C(O)C1CCN(C(=O)Cn2cc(F)c(=O)[nH]c2=O)CC1. The van der Waals surface area contributed by atoms with Crippen molar-refractivity contribution in [3.63, 3.8) is 0 Å². The molecule has 0 aromatic carbocycles. The van der Waals surface area contributed by atoms with Crippen molar-refractivity contribution in [1.29, 1.82) is 0 Å². The van der Waals surface area contributed by atoms with Gasteiger partial charge in [-0.2, -0.15) is 4.39 Å². The minimum Gasteiger partial charge on any atom is -0.481 e. The monoisotopic (exact) mass is 299 g/mol. The quantitative estimate of drug-likeness (QED) is 0.743. The third kappa shape index (κ3) is 3.36. The van der Waals surface area contributed by atoms with Crippen LogP contribution in [0.4, 0.5) is 4.39 Å². The molecule has 0 atom stereocenters. The van der Waals surface area contributed by atoms with Gasteiger partial charge in [-0.05, 0) is 12.8 Å². The molecule has 2 rings (SSSR count). The van der Waals surface area contributed by atoms with Gasteiger partial charge in [-0.15, -0.1) is 0 Å². The van der Waals surface area contributed by atoms with Crippen molar-refractivity contribution in [1.82, 2.24) is 14.5 Å². The number of nitrogens with zero attached hydrogens (tertiary/aromatic N) is 2. The number of carboxylic acids is 1. The molecule has 1 aromatic heterocycles. The number of hydrogen-bond donors (Lipinski definition) is 2. The Bertz CT molecular complexity index is 672. The number of piperidine rings is 1. The van der Waals surface area contributed by atoms with Crippen molar-refractivity contribution >= 4 is 11.9 Å². The average Bonchev–Trinajstić information content (AvgIpc) is 2.44. The number of aromatic amines is 1. The maximum atomic E-state index is 13.1. The van der Waals surface area contributed by atoms with Gasteiger partial charge in [0, 0.05) is 13.1 Å². The number of likely N-dealkylation sites (tertiary alicyclic amines) is 1. The fraction of sp³-hybridized carbons (Fsp3) is 0.500. The predicted octanol–water partition coefficient (Wildman–Crippen LogP) is -1.00. The van der Waals surface area contributed by atoms with Crippen LogP contribution < -0.4 is 11.2 Å². The van der Waals surface area contributed by atoms with Gasteiger partial charge in [-0.3, -0.25) is 23.9 Å². The molecular weight excluding hydrogens is 285 g/mol. The van der Waals surface area contributed by atoms with E-state index in [-0.39, 0.29) is 13.1 Å². The molecule has 0 saturated carbocycles. The zero-order valence-corrected chi connectivity index (χ0v) is 11.0. The van der Waals surface area contributed by atoms with E-state index in [4.69, 9.17) is 5.11 Å². The van der Waals surface area contributed by atoms with Crippen molar-refractivity contribution in [2.75, 3.05) is 13.1 Å². The van der Waals surface area contributed by atoms with Crippen LogP contribution in [-0.2, 0) is 16.1 Å². The van der Waals surface area contributed by atoms with Gasteiger partial charge in [0.2, 0.25) is 11.7 Å². The molecule has 1 fully saturated rings. The van der Waals surface area contributed by atoms with E-state index in [0.29, 0.717) is 19.0 Å². The lowest BCUT2D eigenvalue weighted by molar-refractivity contribution is -0.145. The van der Waals surface area contributed by atoms with Crippen LogP contribution in [0.25, 0.3) is 0 Å². The Labute approximate surface area is 117 Å². The van der Waals surface area contributed by atoms with Crippen molar-refractivity contribution in [3.8, 4) is 0 Å². The Balaban J connectivity index is 2.03. The first kappa shape index (κ1) is 14.9. The van der Waals surface area contributed by atoms with Gasteiger partial charge in [0.15, 0.2) is 0 Å². The topological polar surface area (TPSA) is 112 Å². The van der Waals surface area contributed by atoms with Gasteiger partial charge < -0.3 is 10.0 Å². The molecule has 1 aromatic rings. The minimum absolute atomic E-state index is 0.274. The summed E-state index contributed by atoms with van der Waals surface area (Å²) in [5.74, 6) is -2.93. The van der Waals surface area contributed by atoms with E-state index in [1.807, 2.05) is 0 Å². The second-order valence-corrected chi connectivity index (χ2v) is 4.86. The summed E-state index contributed by atoms with van der Waals surface area (Å²) >= 11 is 0. The Morgan fingerprint density at radius 2 is 1.95 bits per heavy atom. The lowest BCUT2D eigenvalue weighted by Gasteiger charge is -2.30. The number of nitrogens with one attached hydrogen (secondary N) is 1. The molecule has 2 heterocycles. The Kier molecular flexibility index (Phi) is 4.20. The van der Waals surface area contributed by atoms with E-state index in [0.717, 1.165) is 4.57 Å². The zero-order valence-electron chi connectivity index (χ0n) is 11.0. The van der Waals surface area contributed by atoms with Crippen molar-refractivity contribution in [3.05, 3.63) is 32.9 Å². The molecular formula is C12H14FN3O5. The van der Waals surface area contributed by atoms with Crippen LogP contribution in [0.15, 0.2) is 15.8 Å². The molecule has 1 aliphatic rings. The summed E-state index contributed by atoms with van der Waals surface area (Å²) in [5.41, 5.74) is -2.00. The maximum absolute atomic E-state index is 13.1. The molecule has 2 N–H and O–H groups in total. The Hall–Kier alpha value is -2.45. The summed E-state index contributed by atoms with van der Waals surface area (Å²) in [6.45, 7) is 0.150. The van der Waals surface area contributed by atoms with Crippen molar-refractivity contribution in [2.45, 2.75) is 19.4 Å². The molecule has 0 unspecified atom stereocenters. The summed E-state index contributed by atoms with van der Waals surface area (Å²) in [7, 11) is 0. The minimum atomic E-state index is -1.15. The van der Waals surface area contributed by atoms with E-state index in [1.54, 1.807) is 4.98 Å². The summed E-state index contributed by atoms with van der Waals surface area (Å²) < 4.78 is 13.9. The molecule has 1 amide bonds. The van der Waals surface area contributed by atoms with E-state index in [1.165, 1.54) is 4.90 Å². The Morgan fingerprint density at radius 1 is 1.33 bits per heavy atom. The van der Waals surface area contributed by atoms with Crippen molar-refractivity contribution in [2.24, 2.45) is 5.92 Å². The largest absolute Gasteiger partial charge is 0.481 e. The molecule has 0 bridgehead atoms. The number of carbonyl (C=O) groups is 2. The normalized spacial score (nSPS) is 16.0. The highest BCUT2D eigenvalue weighted by atomic mass is 19.1. The van der Waals surface area contributed by atoms with Crippen LogP contribution in [0, 0.1) is 11.7 Å². The van der Waals surface area contributed by atoms with Crippen LogP contribution in [0.2, 0.25) is 0 Å². The molecule has 1 saturated heterocycles. The highest BCUT2D eigenvalue weighted by Gasteiger charge is 2.27. The van der Waals surface area contributed by atoms with Gasteiger partial charge in [-0.1, -0.05) is 0 Å². The molecule has 21 heavy (non-hydrogen) atoms. The molecule has 114 valence electrons. The highest BCUT2D eigenvalue weighted by molar-refractivity contribution is 5.76. The van der Waals surface area contributed by atoms with Gasteiger partial charge in [0.1, 0.15) is 6.54 Å². The maximum Gasteiger partial charge on any atom is 0.328 e. The van der Waals surface area contributed by atoms with Crippen LogP contribution in [0.1, 0.15) is 12.8 Å². The van der Waals surface area contributed by atoms with Crippen LogP contribution in [-0.4, -0.2) is 44.5 Å². The first-order valence-corrected chi connectivity index (χ1v) is 6.38. The molecule has 8 nitrogen and oxygen atoms in total. The second-order valence-electron chi connectivity index (χ2n) is 4.86. The number of H-pyrrole nitrogens is 1. The number of amides is 1. The fourth-order valence-corrected chi connectivity index (χ4v) is 2.22. The standard InChI is InChI=1S/C12H14FN3O5/c13-8-5-16(12(21)14-10(8)18)6-9(17)15-3-1-7(2-4-15)11(19)20/h5,7H,1-4,6H2,(H,19,20)(H,14,18,21). The number of aliphatic carboxylic acids is 1. The van der Waals surface area contributed by atoms with Crippen LogP contribution in [0.3, 0.4) is 0 Å². The number of halogens is 1. The first-order chi connectivity index (χ1) is 9.88. The lowest BCUT2D eigenvalue weighted by atomic mass is 9.97. The Morgan fingerprint density at radius 3 is 2.52 bits per heavy atom. The number of carbonyl (C=O) groups excluding carboxylic acids is 1. The summed E-state index contributed by atoms with van der Waals surface area (Å²) in [5, 5.41) is 8.87. The fourth-order valence-electron chi connectivity index (χ4n) is 2.22. The predicted molar refractivity (Wildman–Crippen MR) is 68.2 cm³/mol. The first-order valence-electron chi connectivity index (χ1n) is 6.38. The van der Waals surface area contributed by atoms with Gasteiger partial charge >= 0.3 is 11.7 Å². The van der Waals surface area contributed by atoms with E-state index in [2.05, 4.69) is 0 Å². The zero-order chi connectivity index (χ0) is 15.6. The highest BCUT2D eigenvalue weighted by Crippen LogP contribution is 2.17. The summed E-state index contributed by atoms with van der Waals surface area (Å²) in [6.07, 6.45) is 1.37.